The highest BCUT2D eigenvalue weighted by Crippen LogP contribution is 2.19. The van der Waals surface area contributed by atoms with E-state index in [0.29, 0.717) is 5.69 Å². The topological polar surface area (TPSA) is 67.2 Å². The number of carbonyl (C=O) groups excluding carboxylic acids is 1. The second-order valence-electron chi connectivity index (χ2n) is 6.61. The summed E-state index contributed by atoms with van der Waals surface area (Å²) in [6, 6.07) is 11.4. The van der Waals surface area contributed by atoms with Gasteiger partial charge in [-0.15, -0.1) is 0 Å². The molecule has 1 N–H and O–H groups in total. The summed E-state index contributed by atoms with van der Waals surface area (Å²) < 4.78 is 7.26. The second kappa shape index (κ2) is 9.58. The minimum atomic E-state index is -0.0786. The van der Waals surface area contributed by atoms with Crippen molar-refractivity contribution in [3.8, 4) is 11.3 Å². The Morgan fingerprint density at radius 1 is 1.19 bits per heavy atom. The molecule has 27 heavy (non-hydrogen) atoms. The summed E-state index contributed by atoms with van der Waals surface area (Å²) in [6.07, 6.45) is 5.19. The Morgan fingerprint density at radius 2 is 1.96 bits per heavy atom. The van der Waals surface area contributed by atoms with Crippen molar-refractivity contribution in [2.45, 2.75) is 45.6 Å². The van der Waals surface area contributed by atoms with E-state index in [9.17, 15) is 4.79 Å². The van der Waals surface area contributed by atoms with Crippen LogP contribution in [0.5, 0.6) is 0 Å². The van der Waals surface area contributed by atoms with E-state index in [0.717, 1.165) is 43.4 Å². The molecule has 0 aliphatic rings. The fourth-order valence-corrected chi connectivity index (χ4v) is 4.02. The quantitative estimate of drug-likeness (QED) is 0.326. The average Bonchev–Trinajstić information content (AvgIpc) is 3.31. The fourth-order valence-electron chi connectivity index (χ4n) is 2.98. The molecule has 0 saturated carbocycles. The highest BCUT2D eigenvalue weighted by atomic mass is 32.1. The largest absolute Gasteiger partial charge is 0.396 e. The lowest BCUT2D eigenvalue weighted by molar-refractivity contribution is -0.684. The molecule has 3 aromatic rings. The van der Waals surface area contributed by atoms with Crippen molar-refractivity contribution in [1.29, 1.82) is 0 Å². The van der Waals surface area contributed by atoms with Gasteiger partial charge in [-0.25, -0.2) is 0 Å². The molecule has 0 aliphatic heterocycles. The summed E-state index contributed by atoms with van der Waals surface area (Å²) in [5, 5.41) is 12.9. The highest BCUT2D eigenvalue weighted by molar-refractivity contribution is 7.09. The number of unbranched alkanes of at least 4 members (excludes halogenated alkanes) is 3. The molecule has 5 nitrogen and oxygen atoms in total. The molecule has 0 aliphatic carbocycles. The van der Waals surface area contributed by atoms with Crippen molar-refractivity contribution in [2.24, 2.45) is 0 Å². The molecule has 2 aromatic heterocycles. The molecule has 0 bridgehead atoms. The van der Waals surface area contributed by atoms with Crippen LogP contribution in [0.1, 0.15) is 46.8 Å². The molecule has 1 aromatic carbocycles. The Balaban J connectivity index is 1.59. The molecule has 142 valence electrons. The lowest BCUT2D eigenvalue weighted by Gasteiger charge is -1.98. The van der Waals surface area contributed by atoms with Gasteiger partial charge in [-0.1, -0.05) is 59.7 Å². The lowest BCUT2D eigenvalue weighted by Crippen LogP contribution is -2.38. The van der Waals surface area contributed by atoms with Crippen molar-refractivity contribution in [2.75, 3.05) is 6.61 Å². The van der Waals surface area contributed by atoms with Gasteiger partial charge in [-0.3, -0.25) is 4.79 Å². The van der Waals surface area contributed by atoms with Crippen molar-refractivity contribution < 1.29 is 19.0 Å². The van der Waals surface area contributed by atoms with Crippen LogP contribution in [0.3, 0.4) is 0 Å². The lowest BCUT2D eigenvalue weighted by atomic mass is 10.1. The van der Waals surface area contributed by atoms with Crippen LogP contribution in [-0.4, -0.2) is 22.7 Å². The number of rotatable bonds is 10. The van der Waals surface area contributed by atoms with Crippen molar-refractivity contribution in [3.63, 3.8) is 0 Å². The number of nitrogens with zero attached hydrogens (tertiary/aromatic N) is 2. The van der Waals surface area contributed by atoms with Crippen LogP contribution < -0.4 is 4.57 Å². The maximum absolute atomic E-state index is 12.6. The molecule has 0 radical (unpaired) electrons. The smallest absolute Gasteiger partial charge is 0.265 e. The Labute approximate surface area is 163 Å². The van der Waals surface area contributed by atoms with Gasteiger partial charge in [0.2, 0.25) is 17.8 Å². The van der Waals surface area contributed by atoms with Gasteiger partial charge in [0.1, 0.15) is 5.69 Å². The van der Waals surface area contributed by atoms with E-state index in [4.69, 9.17) is 9.63 Å². The van der Waals surface area contributed by atoms with Gasteiger partial charge in [0, 0.05) is 25.2 Å². The maximum Gasteiger partial charge on any atom is 0.265 e. The van der Waals surface area contributed by atoms with Gasteiger partial charge < -0.3 is 9.63 Å². The second-order valence-corrected chi connectivity index (χ2v) is 7.55. The number of Topliss-reactive ketones (excluding diaryl/α,β-unsaturated/α-hetero) is 1. The van der Waals surface area contributed by atoms with Gasteiger partial charge in [0.15, 0.2) is 5.69 Å². The first-order chi connectivity index (χ1) is 13.2. The number of thiazole rings is 1. The zero-order valence-corrected chi connectivity index (χ0v) is 16.4. The average molecular weight is 386 g/mol. The zero-order chi connectivity index (χ0) is 19.1. The van der Waals surface area contributed by atoms with Crippen LogP contribution in [-0.2, 0) is 13.0 Å². The minimum Gasteiger partial charge on any atom is -0.396 e. The molecule has 0 saturated heterocycles. The van der Waals surface area contributed by atoms with Crippen LogP contribution in [0.25, 0.3) is 11.3 Å². The summed E-state index contributed by atoms with van der Waals surface area (Å²) in [5.41, 5.74) is 4.75. The summed E-state index contributed by atoms with van der Waals surface area (Å²) >= 11 is 1.69. The number of hydrogen-bond acceptors (Lipinski definition) is 5. The summed E-state index contributed by atoms with van der Waals surface area (Å²) in [4.78, 5) is 13.9. The molecule has 0 spiro atoms. The highest BCUT2D eigenvalue weighted by Gasteiger charge is 2.22. The molecule has 6 heteroatoms. The Kier molecular flexibility index (Phi) is 6.90. The minimum absolute atomic E-state index is 0.0786. The first kappa shape index (κ1) is 19.5. The number of aryl methyl sites for hydroxylation is 1. The summed E-state index contributed by atoms with van der Waals surface area (Å²) in [5.74, 6) is 0.211. The van der Waals surface area contributed by atoms with Gasteiger partial charge in [-0.2, -0.15) is 4.57 Å². The number of benzene rings is 1. The SMILES string of the molecule is Cc1c(CCCCCCO)sc[n+]1CC(=O)c1cc(-c2ccccc2)no1. The van der Waals surface area contributed by atoms with Gasteiger partial charge in [0.25, 0.3) is 5.78 Å². The number of aliphatic hydroxyl groups excluding tert-OH is 1. The van der Waals surface area contributed by atoms with E-state index in [1.165, 1.54) is 4.88 Å². The van der Waals surface area contributed by atoms with E-state index < -0.39 is 0 Å². The normalized spacial score (nSPS) is 11.0. The molecule has 2 heterocycles. The van der Waals surface area contributed by atoms with Crippen LogP contribution in [0, 0.1) is 6.92 Å². The number of aliphatic hydroxyl groups is 1. The summed E-state index contributed by atoms with van der Waals surface area (Å²) in [7, 11) is 0. The van der Waals surface area contributed by atoms with Crippen LogP contribution in [0.2, 0.25) is 0 Å². The van der Waals surface area contributed by atoms with Crippen molar-refractivity contribution in [1.82, 2.24) is 5.16 Å². The van der Waals surface area contributed by atoms with Gasteiger partial charge in [-0.05, 0) is 19.3 Å². The number of carbonyl (C=O) groups is 1. The van der Waals surface area contributed by atoms with Crippen molar-refractivity contribution >= 4 is 17.1 Å². The first-order valence-corrected chi connectivity index (χ1v) is 10.2. The molecule has 0 amide bonds. The third kappa shape index (κ3) is 5.11. The molecule has 0 atom stereocenters. The monoisotopic (exact) mass is 385 g/mol. The molecular formula is C21H25N2O3S+. The predicted octanol–water partition coefficient (Wildman–Crippen LogP) is 3.98. The fraction of sp³-hybridized carbons (Fsp3) is 0.381. The standard InChI is InChI=1S/C21H25N2O3S/c1-16-21(11-7-2-3-8-12-24)27-15-23(16)14-19(25)20-13-18(22-26-20)17-9-5-4-6-10-17/h4-6,9-10,13,15,24H,2-3,7-8,11-12,14H2,1H3/q+1. The third-order valence-corrected chi connectivity index (χ3v) is 5.78. The summed E-state index contributed by atoms with van der Waals surface area (Å²) in [6.45, 7) is 2.59. The molecule has 3 rings (SSSR count). The Bertz CT molecular complexity index is 871. The van der Waals surface area contributed by atoms with E-state index in [1.54, 1.807) is 17.4 Å². The van der Waals surface area contributed by atoms with Crippen molar-refractivity contribution in [3.05, 3.63) is 58.2 Å². The Morgan fingerprint density at radius 3 is 2.74 bits per heavy atom. The Hall–Kier alpha value is -2.31. The van der Waals surface area contributed by atoms with Crippen LogP contribution in [0.15, 0.2) is 46.4 Å². The predicted molar refractivity (Wildman–Crippen MR) is 105 cm³/mol. The zero-order valence-electron chi connectivity index (χ0n) is 15.6. The van der Waals surface area contributed by atoms with E-state index in [-0.39, 0.29) is 24.7 Å². The first-order valence-electron chi connectivity index (χ1n) is 9.31. The molecular weight excluding hydrogens is 360 g/mol. The van der Waals surface area contributed by atoms with Gasteiger partial charge >= 0.3 is 0 Å². The molecule has 0 fully saturated rings. The number of aromatic nitrogens is 2. The van der Waals surface area contributed by atoms with E-state index in [2.05, 4.69) is 12.1 Å². The number of hydrogen-bond donors (Lipinski definition) is 1. The van der Waals surface area contributed by atoms with E-state index in [1.807, 2.05) is 40.4 Å². The van der Waals surface area contributed by atoms with Crippen LogP contribution in [0.4, 0.5) is 0 Å². The van der Waals surface area contributed by atoms with Crippen LogP contribution >= 0.6 is 11.3 Å². The number of ketones is 1. The van der Waals surface area contributed by atoms with Gasteiger partial charge in [0.05, 0.1) is 4.88 Å². The maximum atomic E-state index is 12.6. The van der Waals surface area contributed by atoms with E-state index >= 15 is 0 Å². The third-order valence-electron chi connectivity index (χ3n) is 4.64. The molecule has 0 unspecified atom stereocenters.